The fourth-order valence-electron chi connectivity index (χ4n) is 2.73. The van der Waals surface area contributed by atoms with Gasteiger partial charge in [-0.25, -0.2) is 0 Å². The number of hydrogen-bond acceptors (Lipinski definition) is 3. The summed E-state index contributed by atoms with van der Waals surface area (Å²) in [6.07, 6.45) is -0.677. The zero-order chi connectivity index (χ0) is 19.9. The second-order valence-corrected chi connectivity index (χ2v) is 6.36. The van der Waals surface area contributed by atoms with Gasteiger partial charge in [0.1, 0.15) is 5.75 Å². The number of carbonyl (C=O) groups excluding carboxylic acids is 2. The third-order valence-corrected chi connectivity index (χ3v) is 4.29. The van der Waals surface area contributed by atoms with Crippen molar-refractivity contribution >= 4 is 23.2 Å². The summed E-state index contributed by atoms with van der Waals surface area (Å²) >= 11 is 0. The summed E-state index contributed by atoms with van der Waals surface area (Å²) in [4.78, 5) is 25.1. The number of anilines is 2. The molecule has 0 saturated carbocycles. The maximum atomic E-state index is 12.6. The third-order valence-electron chi connectivity index (χ3n) is 4.29. The molecule has 3 aromatic rings. The van der Waals surface area contributed by atoms with Gasteiger partial charge in [0.05, 0.1) is 0 Å². The van der Waals surface area contributed by atoms with Gasteiger partial charge < -0.3 is 15.4 Å². The number of amides is 2. The van der Waals surface area contributed by atoms with Crippen molar-refractivity contribution < 1.29 is 14.3 Å². The Morgan fingerprint density at radius 2 is 1.46 bits per heavy atom. The van der Waals surface area contributed by atoms with Crippen molar-refractivity contribution in [2.45, 2.75) is 20.0 Å². The van der Waals surface area contributed by atoms with Gasteiger partial charge in [-0.05, 0) is 55.8 Å². The fourth-order valence-corrected chi connectivity index (χ4v) is 2.73. The van der Waals surface area contributed by atoms with E-state index in [-0.39, 0.29) is 11.8 Å². The largest absolute Gasteiger partial charge is 0.481 e. The highest BCUT2D eigenvalue weighted by molar-refractivity contribution is 6.07. The average Bonchev–Trinajstić information content (AvgIpc) is 2.71. The van der Waals surface area contributed by atoms with Gasteiger partial charge in [-0.15, -0.1) is 0 Å². The van der Waals surface area contributed by atoms with Crippen LogP contribution in [0.3, 0.4) is 0 Å². The molecule has 0 aliphatic heterocycles. The molecule has 5 nitrogen and oxygen atoms in total. The molecule has 0 aliphatic carbocycles. The molecular weight excluding hydrogens is 352 g/mol. The van der Waals surface area contributed by atoms with Crippen LogP contribution in [0.4, 0.5) is 11.4 Å². The van der Waals surface area contributed by atoms with Gasteiger partial charge >= 0.3 is 0 Å². The molecular formula is C23H22N2O3. The third kappa shape index (κ3) is 4.76. The number of nitrogens with one attached hydrogen (secondary N) is 2. The minimum atomic E-state index is -0.677. The first-order valence-corrected chi connectivity index (χ1v) is 9.03. The summed E-state index contributed by atoms with van der Waals surface area (Å²) in [6, 6.07) is 23.6. The molecule has 142 valence electrons. The number of rotatable bonds is 6. The molecule has 0 saturated heterocycles. The van der Waals surface area contributed by atoms with E-state index in [0.717, 1.165) is 0 Å². The van der Waals surface area contributed by atoms with E-state index in [1.54, 1.807) is 44.2 Å². The highest BCUT2D eigenvalue weighted by Crippen LogP contribution is 2.21. The van der Waals surface area contributed by atoms with Gasteiger partial charge in [0.15, 0.2) is 6.10 Å². The summed E-state index contributed by atoms with van der Waals surface area (Å²) in [5, 5.41) is 5.70. The molecule has 0 bridgehead atoms. The quantitative estimate of drug-likeness (QED) is 0.660. The predicted octanol–water partition coefficient (Wildman–Crippen LogP) is 4.65. The highest BCUT2D eigenvalue weighted by Gasteiger charge is 2.18. The lowest BCUT2D eigenvalue weighted by atomic mass is 10.1. The van der Waals surface area contributed by atoms with Crippen LogP contribution in [0.25, 0.3) is 0 Å². The van der Waals surface area contributed by atoms with Crippen molar-refractivity contribution in [3.05, 3.63) is 90.0 Å². The summed E-state index contributed by atoms with van der Waals surface area (Å²) in [7, 11) is 0. The SMILES string of the molecule is Cc1c(NC(=O)C(C)Oc2ccccc2)cccc1C(=O)Nc1ccccc1. The number of benzene rings is 3. The molecule has 0 fully saturated rings. The van der Waals surface area contributed by atoms with Crippen molar-refractivity contribution in [2.24, 2.45) is 0 Å². The molecule has 0 radical (unpaired) electrons. The lowest BCUT2D eigenvalue weighted by Crippen LogP contribution is -2.30. The Bertz CT molecular complexity index is 956. The maximum Gasteiger partial charge on any atom is 0.265 e. The van der Waals surface area contributed by atoms with Crippen LogP contribution in [0.1, 0.15) is 22.8 Å². The molecule has 0 spiro atoms. The summed E-state index contributed by atoms with van der Waals surface area (Å²) in [6.45, 7) is 3.49. The van der Waals surface area contributed by atoms with E-state index in [1.165, 1.54) is 0 Å². The molecule has 1 atom stereocenters. The molecule has 28 heavy (non-hydrogen) atoms. The highest BCUT2D eigenvalue weighted by atomic mass is 16.5. The second kappa shape index (κ2) is 8.86. The van der Waals surface area contributed by atoms with Crippen LogP contribution in [0.5, 0.6) is 5.75 Å². The standard InChI is InChI=1S/C23H22N2O3/c1-16-20(23(27)24-18-10-5-3-6-11-18)14-9-15-21(16)25-22(26)17(2)28-19-12-7-4-8-13-19/h3-15,17H,1-2H3,(H,24,27)(H,25,26). The van der Waals surface area contributed by atoms with Gasteiger partial charge in [-0.3, -0.25) is 9.59 Å². The van der Waals surface area contributed by atoms with Gasteiger partial charge in [0.25, 0.3) is 11.8 Å². The Morgan fingerprint density at radius 3 is 2.14 bits per heavy atom. The number of hydrogen-bond donors (Lipinski definition) is 2. The predicted molar refractivity (Wildman–Crippen MR) is 111 cm³/mol. The summed E-state index contributed by atoms with van der Waals surface area (Å²) < 4.78 is 5.65. The number of ether oxygens (including phenoxy) is 1. The molecule has 0 heterocycles. The van der Waals surface area contributed by atoms with Crippen molar-refractivity contribution in [1.29, 1.82) is 0 Å². The molecule has 0 aliphatic rings. The monoisotopic (exact) mass is 374 g/mol. The van der Waals surface area contributed by atoms with E-state index in [2.05, 4.69) is 10.6 Å². The van der Waals surface area contributed by atoms with Crippen molar-refractivity contribution in [2.75, 3.05) is 10.6 Å². The molecule has 1 unspecified atom stereocenters. The summed E-state index contributed by atoms with van der Waals surface area (Å²) in [5.74, 6) is 0.110. The van der Waals surface area contributed by atoms with Crippen LogP contribution in [-0.2, 0) is 4.79 Å². The lowest BCUT2D eigenvalue weighted by Gasteiger charge is -2.17. The Hall–Kier alpha value is -3.60. The van der Waals surface area contributed by atoms with Gasteiger partial charge in [0, 0.05) is 16.9 Å². The second-order valence-electron chi connectivity index (χ2n) is 6.36. The first-order chi connectivity index (χ1) is 13.5. The van der Waals surface area contributed by atoms with Crippen molar-refractivity contribution in [3.8, 4) is 5.75 Å². The van der Waals surface area contributed by atoms with Gasteiger partial charge in [-0.2, -0.15) is 0 Å². The van der Waals surface area contributed by atoms with E-state index < -0.39 is 6.10 Å². The Morgan fingerprint density at radius 1 is 0.821 bits per heavy atom. The van der Waals surface area contributed by atoms with Crippen LogP contribution in [0.2, 0.25) is 0 Å². The molecule has 0 aromatic heterocycles. The van der Waals surface area contributed by atoms with Crippen LogP contribution < -0.4 is 15.4 Å². The first kappa shape index (κ1) is 19.2. The molecule has 2 amide bonds. The number of para-hydroxylation sites is 2. The Balaban J connectivity index is 1.70. The normalized spacial score (nSPS) is 11.4. The molecule has 5 heteroatoms. The fraction of sp³-hybridized carbons (Fsp3) is 0.130. The van der Waals surface area contributed by atoms with Crippen LogP contribution in [0.15, 0.2) is 78.9 Å². The van der Waals surface area contributed by atoms with Crippen molar-refractivity contribution in [3.63, 3.8) is 0 Å². The first-order valence-electron chi connectivity index (χ1n) is 9.03. The minimum absolute atomic E-state index is 0.228. The average molecular weight is 374 g/mol. The molecule has 3 rings (SSSR count). The summed E-state index contributed by atoms with van der Waals surface area (Å²) in [5.41, 5.74) is 2.48. The van der Waals surface area contributed by atoms with Crippen LogP contribution in [-0.4, -0.2) is 17.9 Å². The molecule has 2 N–H and O–H groups in total. The topological polar surface area (TPSA) is 67.4 Å². The smallest absolute Gasteiger partial charge is 0.265 e. The van der Waals surface area contributed by atoms with Crippen molar-refractivity contribution in [1.82, 2.24) is 0 Å². The van der Waals surface area contributed by atoms with E-state index in [0.29, 0.717) is 28.3 Å². The Labute approximate surface area is 164 Å². The zero-order valence-corrected chi connectivity index (χ0v) is 15.8. The number of carbonyl (C=O) groups is 2. The maximum absolute atomic E-state index is 12.6. The van der Waals surface area contributed by atoms with Gasteiger partial charge in [0.2, 0.25) is 0 Å². The zero-order valence-electron chi connectivity index (χ0n) is 15.8. The van der Waals surface area contributed by atoms with E-state index in [4.69, 9.17) is 4.74 Å². The van der Waals surface area contributed by atoms with E-state index in [1.807, 2.05) is 48.5 Å². The Kier molecular flexibility index (Phi) is 6.07. The van der Waals surface area contributed by atoms with Crippen LogP contribution in [0, 0.1) is 6.92 Å². The van der Waals surface area contributed by atoms with Gasteiger partial charge in [-0.1, -0.05) is 42.5 Å². The van der Waals surface area contributed by atoms with Crippen LogP contribution >= 0.6 is 0 Å². The minimum Gasteiger partial charge on any atom is -0.481 e. The lowest BCUT2D eigenvalue weighted by molar-refractivity contribution is -0.122. The van der Waals surface area contributed by atoms with E-state index in [9.17, 15) is 9.59 Å². The van der Waals surface area contributed by atoms with E-state index >= 15 is 0 Å². The molecule has 3 aromatic carbocycles.